The number of ketones is 4. The third-order valence-electron chi connectivity index (χ3n) is 7.02. The molecule has 0 spiro atoms. The lowest BCUT2D eigenvalue weighted by molar-refractivity contribution is 0.0975. The van der Waals surface area contributed by atoms with Gasteiger partial charge in [-0.2, -0.15) is 0 Å². The van der Waals surface area contributed by atoms with Crippen molar-refractivity contribution in [2.75, 3.05) is 0 Å². The van der Waals surface area contributed by atoms with Crippen molar-refractivity contribution in [3.8, 4) is 9.75 Å². The van der Waals surface area contributed by atoms with Crippen molar-refractivity contribution in [3.63, 3.8) is 0 Å². The first-order valence-corrected chi connectivity index (χ1v) is 13.2. The summed E-state index contributed by atoms with van der Waals surface area (Å²) < 4.78 is 0. The lowest BCUT2D eigenvalue weighted by atomic mass is 9.90. The second-order valence-electron chi connectivity index (χ2n) is 9.61. The summed E-state index contributed by atoms with van der Waals surface area (Å²) in [4.78, 5) is 62.8. The van der Waals surface area contributed by atoms with Gasteiger partial charge >= 0.3 is 0 Å². The highest BCUT2D eigenvalue weighted by Gasteiger charge is 2.43. The van der Waals surface area contributed by atoms with Crippen LogP contribution < -0.4 is 0 Å². The van der Waals surface area contributed by atoms with Crippen molar-refractivity contribution in [3.05, 3.63) is 103 Å². The fraction of sp³-hybridized carbons (Fsp3) is 0.103. The zero-order valence-electron chi connectivity index (χ0n) is 19.6. The van der Waals surface area contributed by atoms with Gasteiger partial charge in [-0.1, -0.05) is 48.5 Å². The van der Waals surface area contributed by atoms with E-state index in [4.69, 9.17) is 9.97 Å². The van der Waals surface area contributed by atoms with Crippen LogP contribution in [0.15, 0.2) is 59.7 Å². The van der Waals surface area contributed by atoms with Crippen molar-refractivity contribution in [1.82, 2.24) is 9.97 Å². The second-order valence-corrected chi connectivity index (χ2v) is 11.7. The minimum Gasteiger partial charge on any atom is -0.288 e. The number of thiazole rings is 2. The third kappa shape index (κ3) is 2.97. The molecule has 6 nitrogen and oxygen atoms in total. The van der Waals surface area contributed by atoms with Crippen molar-refractivity contribution in [2.45, 2.75) is 19.3 Å². The Morgan fingerprint density at radius 1 is 0.595 bits per heavy atom. The molecule has 0 saturated carbocycles. The molecule has 2 aromatic heterocycles. The minimum atomic E-state index is -0.509. The highest BCUT2D eigenvalue weighted by Crippen LogP contribution is 2.53. The average molecular weight is 521 g/mol. The van der Waals surface area contributed by atoms with Crippen LogP contribution in [0.1, 0.15) is 76.7 Å². The Morgan fingerprint density at radius 3 is 1.24 bits per heavy atom. The summed E-state index contributed by atoms with van der Waals surface area (Å²) in [6.07, 6.45) is 3.17. The molecule has 7 rings (SSSR count). The molecule has 37 heavy (non-hydrogen) atoms. The molecule has 0 fully saturated rings. The van der Waals surface area contributed by atoms with Crippen LogP contribution in [0.2, 0.25) is 0 Å². The van der Waals surface area contributed by atoms with E-state index in [0.717, 1.165) is 21.1 Å². The largest absolute Gasteiger partial charge is 0.288 e. The molecule has 0 radical (unpaired) electrons. The molecule has 0 unspecified atom stereocenters. The van der Waals surface area contributed by atoms with Crippen molar-refractivity contribution >= 4 is 58.0 Å². The summed E-state index contributed by atoms with van der Waals surface area (Å²) in [6.45, 7) is 4.04. The maximum absolute atomic E-state index is 12.8. The van der Waals surface area contributed by atoms with Crippen LogP contribution >= 0.6 is 22.7 Å². The predicted molar refractivity (Wildman–Crippen MR) is 142 cm³/mol. The first-order valence-electron chi connectivity index (χ1n) is 11.6. The first-order chi connectivity index (χ1) is 17.8. The van der Waals surface area contributed by atoms with Crippen LogP contribution in [0.5, 0.6) is 0 Å². The quantitative estimate of drug-likeness (QED) is 0.244. The molecule has 178 valence electrons. The van der Waals surface area contributed by atoms with Crippen LogP contribution in [-0.4, -0.2) is 33.1 Å². The van der Waals surface area contributed by atoms with E-state index in [0.29, 0.717) is 32.3 Å². The Labute approximate surface area is 219 Å². The van der Waals surface area contributed by atoms with E-state index in [1.807, 2.05) is 13.8 Å². The van der Waals surface area contributed by atoms with Gasteiger partial charge in [0.05, 0.1) is 37.7 Å². The fourth-order valence-electron chi connectivity index (χ4n) is 5.12. The van der Waals surface area contributed by atoms with Gasteiger partial charge in [-0.3, -0.25) is 19.2 Å². The number of hydrogen-bond acceptors (Lipinski definition) is 8. The number of aromatic nitrogens is 2. The fourth-order valence-corrected chi connectivity index (χ4v) is 7.59. The summed E-state index contributed by atoms with van der Waals surface area (Å²) in [6, 6.07) is 13.7. The molecule has 3 aliphatic rings. The Morgan fingerprint density at radius 2 is 0.919 bits per heavy atom. The molecule has 0 amide bonds. The number of nitrogens with zero attached hydrogens (tertiary/aromatic N) is 2. The molecule has 4 aromatic rings. The summed E-state index contributed by atoms with van der Waals surface area (Å²) in [5.41, 5.74) is 3.10. The van der Waals surface area contributed by atoms with Gasteiger partial charge in [-0.15, -0.1) is 22.7 Å². The third-order valence-corrected chi connectivity index (χ3v) is 9.19. The number of Topliss-reactive ketones (excluding diaryl/α,β-unsaturated/α-hetero) is 4. The Balaban J connectivity index is 1.27. The number of fused-ring (bicyclic) bond motifs is 5. The van der Waals surface area contributed by atoms with Crippen LogP contribution in [0.4, 0.5) is 0 Å². The average Bonchev–Trinajstić information content (AvgIpc) is 3.66. The SMILES string of the molecule is CC1(C)c2nc(C=C3C(=O)c4ccccc4C3=O)sc2-c2sc(C=C3C(=O)c4ccccc4C3=O)nc21. The van der Waals surface area contributed by atoms with Gasteiger partial charge in [0.25, 0.3) is 0 Å². The molecule has 2 heterocycles. The van der Waals surface area contributed by atoms with Crippen LogP contribution in [0, 0.1) is 0 Å². The molecule has 0 aliphatic heterocycles. The first kappa shape index (κ1) is 22.1. The van der Waals surface area contributed by atoms with Gasteiger partial charge in [-0.25, -0.2) is 9.97 Å². The molecule has 2 aromatic carbocycles. The summed E-state index contributed by atoms with van der Waals surface area (Å²) in [5, 5.41) is 1.16. The maximum atomic E-state index is 12.8. The van der Waals surface area contributed by atoms with Gasteiger partial charge in [0.15, 0.2) is 23.1 Å². The number of carbonyl (C=O) groups is 4. The molecule has 0 bridgehead atoms. The Bertz CT molecular complexity index is 1630. The van der Waals surface area contributed by atoms with Crippen LogP contribution in [0.3, 0.4) is 0 Å². The highest BCUT2D eigenvalue weighted by molar-refractivity contribution is 7.23. The van der Waals surface area contributed by atoms with Crippen LogP contribution in [0.25, 0.3) is 21.9 Å². The van der Waals surface area contributed by atoms with Gasteiger partial charge in [0.2, 0.25) is 0 Å². The molecular weight excluding hydrogens is 504 g/mol. The van der Waals surface area contributed by atoms with Gasteiger partial charge in [-0.05, 0) is 26.0 Å². The number of allylic oxidation sites excluding steroid dienone is 2. The van der Waals surface area contributed by atoms with Crippen molar-refractivity contribution in [2.24, 2.45) is 0 Å². The van der Waals surface area contributed by atoms with Gasteiger partial charge < -0.3 is 0 Å². The van der Waals surface area contributed by atoms with Crippen molar-refractivity contribution in [1.29, 1.82) is 0 Å². The second kappa shape index (κ2) is 7.44. The van der Waals surface area contributed by atoms with E-state index >= 15 is 0 Å². The topological polar surface area (TPSA) is 94.1 Å². The summed E-state index contributed by atoms with van der Waals surface area (Å²) in [5.74, 6) is -1.13. The van der Waals surface area contributed by atoms with Crippen LogP contribution in [-0.2, 0) is 5.41 Å². The molecule has 8 heteroatoms. The molecule has 0 atom stereocenters. The minimum absolute atomic E-state index is 0.124. The van der Waals surface area contributed by atoms with E-state index in [2.05, 4.69) is 0 Å². The van der Waals surface area contributed by atoms with Gasteiger partial charge in [0.1, 0.15) is 10.0 Å². The smallest absolute Gasteiger partial charge is 0.197 e. The molecule has 3 aliphatic carbocycles. The summed E-state index contributed by atoms with van der Waals surface area (Å²) >= 11 is 2.81. The van der Waals surface area contributed by atoms with E-state index in [1.54, 1.807) is 60.7 Å². The predicted octanol–water partition coefficient (Wildman–Crippen LogP) is 5.83. The van der Waals surface area contributed by atoms with Crippen molar-refractivity contribution < 1.29 is 19.2 Å². The normalized spacial score (nSPS) is 16.7. The lowest BCUT2D eigenvalue weighted by Gasteiger charge is -2.16. The number of benzene rings is 2. The maximum Gasteiger partial charge on any atom is 0.197 e. The molecule has 0 saturated heterocycles. The van der Waals surface area contributed by atoms with Gasteiger partial charge in [0, 0.05) is 22.3 Å². The highest BCUT2D eigenvalue weighted by atomic mass is 32.1. The zero-order valence-corrected chi connectivity index (χ0v) is 21.3. The molecular formula is C29H16N2O4S2. The van der Waals surface area contributed by atoms with E-state index in [9.17, 15) is 19.2 Å². The van der Waals surface area contributed by atoms with E-state index < -0.39 is 5.41 Å². The standard InChI is InChI=1S/C29H16N2O4S2/c1-29(2)27-25(36-19(30-27)11-17-21(32)13-7-3-4-8-14(13)22(17)33)26-28(29)31-20(37-26)12-18-23(34)15-9-5-6-10-16(15)24(18)35/h3-12H,1-2H3. The van der Waals surface area contributed by atoms with E-state index in [-0.39, 0.29) is 34.3 Å². The summed E-state index contributed by atoms with van der Waals surface area (Å²) in [7, 11) is 0. The Kier molecular flexibility index (Phi) is 4.44. The number of carbonyl (C=O) groups excluding carboxylic acids is 4. The monoisotopic (exact) mass is 520 g/mol. The number of rotatable bonds is 2. The van der Waals surface area contributed by atoms with E-state index in [1.165, 1.54) is 22.7 Å². The molecule has 0 N–H and O–H groups in total. The lowest BCUT2D eigenvalue weighted by Crippen LogP contribution is -2.17. The Hall–Kier alpha value is -4.14. The zero-order chi connectivity index (χ0) is 25.6. The number of hydrogen-bond donors (Lipinski definition) is 0.